The summed E-state index contributed by atoms with van der Waals surface area (Å²) in [5, 5.41) is 0. The number of benzene rings is 1. The molecule has 6 nitrogen and oxygen atoms in total. The Morgan fingerprint density at radius 2 is 1.81 bits per heavy atom. The lowest BCUT2D eigenvalue weighted by Gasteiger charge is -2.12. The molecule has 0 amide bonds. The van der Waals surface area contributed by atoms with Crippen LogP contribution in [0.25, 0.3) is 0 Å². The van der Waals surface area contributed by atoms with Crippen LogP contribution in [0.15, 0.2) is 45.8 Å². The van der Waals surface area contributed by atoms with Crippen LogP contribution in [-0.2, 0) is 10.0 Å². The van der Waals surface area contributed by atoms with Crippen molar-refractivity contribution in [3.8, 4) is 11.8 Å². The number of hydrogen-bond acceptors (Lipinski definition) is 5. The fourth-order valence-corrected chi connectivity index (χ4v) is 3.69. The van der Waals surface area contributed by atoms with Crippen LogP contribution < -0.4 is 14.2 Å². The van der Waals surface area contributed by atoms with Gasteiger partial charge in [0.05, 0.1) is 14.2 Å². The molecule has 1 aromatic carbocycles. The molecule has 0 aliphatic carbocycles. The highest BCUT2D eigenvalue weighted by molar-refractivity contribution is 9.10. The summed E-state index contributed by atoms with van der Waals surface area (Å²) in [6, 6.07) is 9.59. The van der Waals surface area contributed by atoms with Gasteiger partial charge in [0.1, 0.15) is 10.6 Å². The zero-order valence-electron chi connectivity index (χ0n) is 11.3. The zero-order valence-corrected chi connectivity index (χ0v) is 13.7. The molecule has 1 aromatic heterocycles. The van der Waals surface area contributed by atoms with Crippen molar-refractivity contribution in [2.24, 2.45) is 0 Å². The third kappa shape index (κ3) is 3.45. The quantitative estimate of drug-likeness (QED) is 0.872. The van der Waals surface area contributed by atoms with Crippen molar-refractivity contribution in [2.75, 3.05) is 18.9 Å². The number of ether oxygens (including phenoxy) is 2. The third-order valence-corrected chi connectivity index (χ3v) is 4.99. The molecule has 0 spiro atoms. The van der Waals surface area contributed by atoms with Crippen molar-refractivity contribution in [1.29, 1.82) is 0 Å². The Bertz CT molecular complexity index is 750. The number of nitrogens with one attached hydrogen (secondary N) is 1. The summed E-state index contributed by atoms with van der Waals surface area (Å²) in [5.74, 6) is 0.459. The van der Waals surface area contributed by atoms with Crippen LogP contribution in [0.5, 0.6) is 11.8 Å². The molecule has 8 heteroatoms. The van der Waals surface area contributed by atoms with Gasteiger partial charge in [0.25, 0.3) is 10.0 Å². The maximum absolute atomic E-state index is 12.4. The smallest absolute Gasteiger partial charge is 0.263 e. The molecular weight excluding hydrogens is 360 g/mol. The summed E-state index contributed by atoms with van der Waals surface area (Å²) >= 11 is 3.22. The molecule has 1 N–H and O–H groups in total. The predicted molar refractivity (Wildman–Crippen MR) is 82.3 cm³/mol. The van der Waals surface area contributed by atoms with Crippen molar-refractivity contribution in [1.82, 2.24) is 4.98 Å². The van der Waals surface area contributed by atoms with Crippen LogP contribution in [0, 0.1) is 0 Å². The highest BCUT2D eigenvalue weighted by atomic mass is 79.9. The maximum atomic E-state index is 12.4. The van der Waals surface area contributed by atoms with E-state index in [-0.39, 0.29) is 16.5 Å². The molecule has 112 valence electrons. The average molecular weight is 373 g/mol. The molecule has 0 aliphatic heterocycles. The number of methoxy groups -OCH3 is 2. The van der Waals surface area contributed by atoms with E-state index in [9.17, 15) is 8.42 Å². The normalized spacial score (nSPS) is 11.0. The van der Waals surface area contributed by atoms with Gasteiger partial charge >= 0.3 is 0 Å². The number of sulfonamides is 1. The lowest BCUT2D eigenvalue weighted by molar-refractivity contribution is 0.366. The number of aromatic nitrogens is 1. The van der Waals surface area contributed by atoms with Crippen molar-refractivity contribution in [3.05, 3.63) is 40.9 Å². The largest absolute Gasteiger partial charge is 0.481 e. The second-order valence-corrected chi connectivity index (χ2v) is 6.45. The zero-order chi connectivity index (χ0) is 15.5. The average Bonchev–Trinajstić information content (AvgIpc) is 2.47. The van der Waals surface area contributed by atoms with Crippen LogP contribution in [0.4, 0.5) is 5.69 Å². The van der Waals surface area contributed by atoms with E-state index in [4.69, 9.17) is 9.47 Å². The maximum Gasteiger partial charge on any atom is 0.263 e. The van der Waals surface area contributed by atoms with Crippen LogP contribution in [-0.4, -0.2) is 27.6 Å². The Labute approximate surface area is 131 Å². The first-order valence-corrected chi connectivity index (χ1v) is 8.12. The Kier molecular flexibility index (Phi) is 4.69. The summed E-state index contributed by atoms with van der Waals surface area (Å²) in [6.45, 7) is 0. The lowest BCUT2D eigenvalue weighted by atomic mass is 10.4. The molecule has 2 rings (SSSR count). The van der Waals surface area contributed by atoms with Gasteiger partial charge in [-0.1, -0.05) is 12.1 Å². The standard InChI is InChI=1S/C13H13BrN2O4S/c1-19-12-8-7-10(13(15-12)20-2)16-21(17,18)11-6-4-3-5-9(11)14/h3-8,16H,1-2H3. The second kappa shape index (κ2) is 6.31. The van der Waals surface area contributed by atoms with E-state index >= 15 is 0 Å². The Morgan fingerprint density at radius 3 is 2.43 bits per heavy atom. The van der Waals surface area contributed by atoms with Crippen LogP contribution in [0.3, 0.4) is 0 Å². The van der Waals surface area contributed by atoms with E-state index in [2.05, 4.69) is 25.6 Å². The van der Waals surface area contributed by atoms with E-state index < -0.39 is 10.0 Å². The van der Waals surface area contributed by atoms with Gasteiger partial charge in [-0.3, -0.25) is 4.72 Å². The summed E-state index contributed by atoms with van der Waals surface area (Å²) in [4.78, 5) is 4.15. The fraction of sp³-hybridized carbons (Fsp3) is 0.154. The van der Waals surface area contributed by atoms with Gasteiger partial charge in [-0.05, 0) is 34.1 Å². The second-order valence-electron chi connectivity index (χ2n) is 3.95. The minimum Gasteiger partial charge on any atom is -0.481 e. The van der Waals surface area contributed by atoms with Gasteiger partial charge in [-0.25, -0.2) is 8.42 Å². The summed E-state index contributed by atoms with van der Waals surface area (Å²) < 4.78 is 37.7. The van der Waals surface area contributed by atoms with E-state index in [1.807, 2.05) is 0 Å². The Morgan fingerprint density at radius 1 is 1.10 bits per heavy atom. The molecular formula is C13H13BrN2O4S. The molecule has 1 heterocycles. The molecule has 0 saturated heterocycles. The number of anilines is 1. The molecule has 0 bridgehead atoms. The Balaban J connectivity index is 2.40. The molecule has 0 unspecified atom stereocenters. The van der Waals surface area contributed by atoms with Crippen molar-refractivity contribution in [3.63, 3.8) is 0 Å². The molecule has 0 aliphatic rings. The van der Waals surface area contributed by atoms with Gasteiger partial charge in [0, 0.05) is 10.5 Å². The monoisotopic (exact) mass is 372 g/mol. The summed E-state index contributed by atoms with van der Waals surface area (Å²) in [5.41, 5.74) is 0.231. The van der Waals surface area contributed by atoms with Gasteiger partial charge in [-0.15, -0.1) is 0 Å². The molecule has 0 atom stereocenters. The molecule has 21 heavy (non-hydrogen) atoms. The fourth-order valence-electron chi connectivity index (χ4n) is 1.63. The van der Waals surface area contributed by atoms with Gasteiger partial charge < -0.3 is 9.47 Å². The number of halogens is 1. The Hall–Kier alpha value is -1.80. The van der Waals surface area contributed by atoms with E-state index in [0.717, 1.165) is 0 Å². The van der Waals surface area contributed by atoms with E-state index in [1.54, 1.807) is 24.3 Å². The number of nitrogens with zero attached hydrogens (tertiary/aromatic N) is 1. The topological polar surface area (TPSA) is 77.5 Å². The number of pyridine rings is 1. The number of hydrogen-bond donors (Lipinski definition) is 1. The van der Waals surface area contributed by atoms with Gasteiger partial charge in [-0.2, -0.15) is 4.98 Å². The van der Waals surface area contributed by atoms with Crippen molar-refractivity contribution in [2.45, 2.75) is 4.90 Å². The molecule has 0 saturated carbocycles. The molecule has 2 aromatic rings. The third-order valence-electron chi connectivity index (χ3n) is 2.61. The molecule has 0 radical (unpaired) electrons. The first-order valence-electron chi connectivity index (χ1n) is 5.84. The first kappa shape index (κ1) is 15.6. The van der Waals surface area contributed by atoms with Crippen molar-refractivity contribution >= 4 is 31.6 Å². The van der Waals surface area contributed by atoms with Crippen molar-refractivity contribution < 1.29 is 17.9 Å². The highest BCUT2D eigenvalue weighted by Gasteiger charge is 2.19. The lowest BCUT2D eigenvalue weighted by Crippen LogP contribution is -2.14. The first-order chi connectivity index (χ1) is 9.97. The molecule has 0 fully saturated rings. The van der Waals surface area contributed by atoms with Gasteiger partial charge in [0.2, 0.25) is 11.8 Å². The van der Waals surface area contributed by atoms with Crippen LogP contribution in [0.2, 0.25) is 0 Å². The number of rotatable bonds is 5. The van der Waals surface area contributed by atoms with E-state index in [0.29, 0.717) is 10.4 Å². The minimum atomic E-state index is -3.75. The van der Waals surface area contributed by atoms with Crippen LogP contribution in [0.1, 0.15) is 0 Å². The van der Waals surface area contributed by atoms with Gasteiger partial charge in [0.15, 0.2) is 0 Å². The van der Waals surface area contributed by atoms with E-state index in [1.165, 1.54) is 26.4 Å². The summed E-state index contributed by atoms with van der Waals surface area (Å²) in [7, 11) is -0.888. The van der Waals surface area contributed by atoms with Crippen LogP contribution >= 0.6 is 15.9 Å². The predicted octanol–water partition coefficient (Wildman–Crippen LogP) is 2.66. The minimum absolute atomic E-state index is 0.128. The summed E-state index contributed by atoms with van der Waals surface area (Å²) in [6.07, 6.45) is 0. The highest BCUT2D eigenvalue weighted by Crippen LogP contribution is 2.29. The SMILES string of the molecule is COc1ccc(NS(=O)(=O)c2ccccc2Br)c(OC)n1.